The van der Waals surface area contributed by atoms with Crippen LogP contribution in [0.2, 0.25) is 0 Å². The molecule has 1 atom stereocenters. The summed E-state index contributed by atoms with van der Waals surface area (Å²) in [4.78, 5) is 0.707. The molecule has 0 saturated carbocycles. The van der Waals surface area contributed by atoms with E-state index in [0.717, 1.165) is 0 Å². The highest BCUT2D eigenvalue weighted by Gasteiger charge is 2.24. The Morgan fingerprint density at radius 3 is 2.40 bits per heavy atom. The highest BCUT2D eigenvalue weighted by atomic mass is 32.1. The Morgan fingerprint density at radius 1 is 1.13 bits per heavy atom. The van der Waals surface area contributed by atoms with Gasteiger partial charge in [0.2, 0.25) is 0 Å². The summed E-state index contributed by atoms with van der Waals surface area (Å²) >= 11 is 4.31. The zero-order valence-corrected chi connectivity index (χ0v) is 9.19. The second-order valence-electron chi connectivity index (χ2n) is 3.78. The van der Waals surface area contributed by atoms with Crippen LogP contribution in [0.25, 0.3) is 0 Å². The zero-order chi connectivity index (χ0) is 10.9. The van der Waals surface area contributed by atoms with E-state index in [1.54, 1.807) is 6.08 Å². The fourth-order valence-corrected chi connectivity index (χ4v) is 1.84. The lowest BCUT2D eigenvalue weighted by Crippen LogP contribution is -2.49. The second kappa shape index (κ2) is 3.85. The summed E-state index contributed by atoms with van der Waals surface area (Å²) in [7, 11) is 0. The van der Waals surface area contributed by atoms with Crippen molar-refractivity contribution >= 4 is 12.6 Å². The highest BCUT2D eigenvalue weighted by Crippen LogP contribution is 2.29. The average Bonchev–Trinajstić information content (AvgIpc) is 2.23. The Bertz CT molecular complexity index is 407. The van der Waals surface area contributed by atoms with Gasteiger partial charge in [-0.05, 0) is 11.6 Å². The minimum absolute atomic E-state index is 0.221. The van der Waals surface area contributed by atoms with Crippen molar-refractivity contribution in [2.24, 2.45) is 11.5 Å². The van der Waals surface area contributed by atoms with Crippen molar-refractivity contribution in [3.8, 4) is 0 Å². The molecule has 1 aromatic carbocycles. The Hall–Kier alpha value is -1.03. The maximum atomic E-state index is 5.81. The van der Waals surface area contributed by atoms with Crippen LogP contribution in [-0.4, -0.2) is 5.66 Å². The summed E-state index contributed by atoms with van der Waals surface area (Å²) in [6, 6.07) is 10.2. The molecule has 15 heavy (non-hydrogen) atoms. The van der Waals surface area contributed by atoms with E-state index in [2.05, 4.69) is 24.8 Å². The molecule has 0 radical (unpaired) electrons. The number of thiol groups is 1. The lowest BCUT2D eigenvalue weighted by atomic mass is 9.91. The van der Waals surface area contributed by atoms with Gasteiger partial charge >= 0.3 is 0 Å². The van der Waals surface area contributed by atoms with Gasteiger partial charge in [-0.2, -0.15) is 0 Å². The van der Waals surface area contributed by atoms with E-state index in [1.807, 2.05) is 30.4 Å². The van der Waals surface area contributed by atoms with Gasteiger partial charge in [-0.1, -0.05) is 42.5 Å². The lowest BCUT2D eigenvalue weighted by Gasteiger charge is -2.26. The third-order valence-corrected chi connectivity index (χ3v) is 3.08. The van der Waals surface area contributed by atoms with Crippen molar-refractivity contribution in [1.29, 1.82) is 0 Å². The van der Waals surface area contributed by atoms with Crippen LogP contribution < -0.4 is 11.5 Å². The predicted octanol–water partition coefficient (Wildman–Crippen LogP) is 1.77. The summed E-state index contributed by atoms with van der Waals surface area (Å²) in [5.41, 5.74) is 11.9. The molecule has 0 saturated heterocycles. The first kappa shape index (κ1) is 10.5. The standard InChI is InChI=1S/C12H14N2S/c13-12(14)7-6-10(8-11(12)15)9-4-2-1-3-5-9/h1-8,10,15H,13-14H2. The largest absolute Gasteiger partial charge is 0.306 e. The van der Waals surface area contributed by atoms with E-state index >= 15 is 0 Å². The maximum absolute atomic E-state index is 5.81. The van der Waals surface area contributed by atoms with Crippen molar-refractivity contribution in [2.75, 3.05) is 0 Å². The smallest absolute Gasteiger partial charge is 0.115 e. The van der Waals surface area contributed by atoms with Gasteiger partial charge in [0.15, 0.2) is 0 Å². The topological polar surface area (TPSA) is 52.0 Å². The van der Waals surface area contributed by atoms with Gasteiger partial charge in [-0.15, -0.1) is 12.6 Å². The van der Waals surface area contributed by atoms with E-state index in [1.165, 1.54) is 5.56 Å². The minimum atomic E-state index is -0.908. The zero-order valence-electron chi connectivity index (χ0n) is 8.30. The van der Waals surface area contributed by atoms with Gasteiger partial charge in [-0.3, -0.25) is 0 Å². The molecule has 0 aliphatic heterocycles. The van der Waals surface area contributed by atoms with Crippen molar-refractivity contribution in [2.45, 2.75) is 11.6 Å². The first-order valence-corrected chi connectivity index (χ1v) is 5.27. The predicted molar refractivity (Wildman–Crippen MR) is 66.5 cm³/mol. The van der Waals surface area contributed by atoms with Crippen LogP contribution in [0.15, 0.2) is 53.5 Å². The van der Waals surface area contributed by atoms with E-state index in [9.17, 15) is 0 Å². The number of benzene rings is 1. The molecule has 1 aromatic rings. The van der Waals surface area contributed by atoms with Gasteiger partial charge < -0.3 is 11.5 Å². The highest BCUT2D eigenvalue weighted by molar-refractivity contribution is 7.84. The molecule has 1 aliphatic carbocycles. The first-order chi connectivity index (χ1) is 7.09. The van der Waals surface area contributed by atoms with Crippen molar-refractivity contribution in [3.05, 3.63) is 59.0 Å². The van der Waals surface area contributed by atoms with Gasteiger partial charge in [0.05, 0.1) is 0 Å². The number of allylic oxidation sites excluding steroid dienone is 2. The van der Waals surface area contributed by atoms with Gasteiger partial charge in [-0.25, -0.2) is 0 Å². The molecule has 2 rings (SSSR count). The molecule has 0 spiro atoms. The Balaban J connectivity index is 2.30. The Labute approximate surface area is 95.1 Å². The Morgan fingerprint density at radius 2 is 1.80 bits per heavy atom. The molecular formula is C12H14N2S. The van der Waals surface area contributed by atoms with Crippen LogP contribution in [0.1, 0.15) is 11.5 Å². The monoisotopic (exact) mass is 218 g/mol. The maximum Gasteiger partial charge on any atom is 0.115 e. The fourth-order valence-electron chi connectivity index (χ4n) is 1.60. The van der Waals surface area contributed by atoms with Crippen LogP contribution in [0.4, 0.5) is 0 Å². The van der Waals surface area contributed by atoms with Crippen LogP contribution in [0.5, 0.6) is 0 Å². The average molecular weight is 218 g/mol. The summed E-state index contributed by atoms with van der Waals surface area (Å²) in [6.45, 7) is 0. The number of nitrogens with two attached hydrogens (primary N) is 2. The molecule has 3 heteroatoms. The van der Waals surface area contributed by atoms with Crippen LogP contribution >= 0.6 is 12.6 Å². The summed E-state index contributed by atoms with van der Waals surface area (Å²) in [6.07, 6.45) is 5.79. The number of hydrogen-bond acceptors (Lipinski definition) is 3. The molecule has 0 aromatic heterocycles. The van der Waals surface area contributed by atoms with Crippen LogP contribution in [-0.2, 0) is 0 Å². The molecule has 4 N–H and O–H groups in total. The summed E-state index contributed by atoms with van der Waals surface area (Å²) < 4.78 is 0. The first-order valence-electron chi connectivity index (χ1n) is 4.83. The van der Waals surface area contributed by atoms with Gasteiger partial charge in [0, 0.05) is 10.8 Å². The molecule has 1 aliphatic rings. The number of rotatable bonds is 1. The normalized spacial score (nSPS) is 23.7. The SMILES string of the molecule is NC1(N)C=CC(c2ccccc2)C=C1S. The third-order valence-electron chi connectivity index (χ3n) is 2.54. The van der Waals surface area contributed by atoms with Crippen LogP contribution in [0.3, 0.4) is 0 Å². The minimum Gasteiger partial charge on any atom is -0.306 e. The number of hydrogen-bond donors (Lipinski definition) is 3. The molecule has 2 nitrogen and oxygen atoms in total. The van der Waals surface area contributed by atoms with E-state index in [0.29, 0.717) is 4.91 Å². The second-order valence-corrected chi connectivity index (χ2v) is 4.26. The summed E-state index contributed by atoms with van der Waals surface area (Å²) in [5, 5.41) is 0. The molecule has 78 valence electrons. The molecule has 0 heterocycles. The van der Waals surface area contributed by atoms with Crippen molar-refractivity contribution in [3.63, 3.8) is 0 Å². The molecule has 0 fully saturated rings. The van der Waals surface area contributed by atoms with E-state index < -0.39 is 5.66 Å². The lowest BCUT2D eigenvalue weighted by molar-refractivity contribution is 0.664. The molecule has 1 unspecified atom stereocenters. The van der Waals surface area contributed by atoms with Gasteiger partial charge in [0.1, 0.15) is 5.66 Å². The Kier molecular flexibility index (Phi) is 2.69. The summed E-state index contributed by atoms with van der Waals surface area (Å²) in [5.74, 6) is 0.221. The molecule has 0 bridgehead atoms. The molecular weight excluding hydrogens is 204 g/mol. The van der Waals surface area contributed by atoms with Gasteiger partial charge in [0.25, 0.3) is 0 Å². The van der Waals surface area contributed by atoms with Crippen molar-refractivity contribution < 1.29 is 0 Å². The molecule has 0 amide bonds. The fraction of sp³-hybridized carbons (Fsp3) is 0.167. The third kappa shape index (κ3) is 2.15. The quantitative estimate of drug-likeness (QED) is 0.382. The van der Waals surface area contributed by atoms with E-state index in [-0.39, 0.29) is 5.92 Å². The van der Waals surface area contributed by atoms with Crippen molar-refractivity contribution in [1.82, 2.24) is 0 Å². The van der Waals surface area contributed by atoms with Crippen LogP contribution in [0, 0.1) is 0 Å². The van der Waals surface area contributed by atoms with E-state index in [4.69, 9.17) is 11.5 Å².